The van der Waals surface area contributed by atoms with Gasteiger partial charge in [-0.3, -0.25) is 9.59 Å². The van der Waals surface area contributed by atoms with Gasteiger partial charge in [0.1, 0.15) is 17.9 Å². The van der Waals surface area contributed by atoms with E-state index < -0.39 is 30.0 Å². The third-order valence-corrected chi connectivity index (χ3v) is 4.32. The topological polar surface area (TPSA) is 145 Å². The van der Waals surface area contributed by atoms with Crippen molar-refractivity contribution >= 4 is 40.2 Å². The second kappa shape index (κ2) is 7.49. The first-order chi connectivity index (χ1) is 10.9. The van der Waals surface area contributed by atoms with Crippen LogP contribution >= 0.6 is 22.6 Å². The van der Waals surface area contributed by atoms with Gasteiger partial charge >= 0.3 is 11.9 Å². The Morgan fingerprint density at radius 2 is 2.22 bits per heavy atom. The van der Waals surface area contributed by atoms with Gasteiger partial charge in [-0.05, 0) is 46.3 Å². The van der Waals surface area contributed by atoms with Crippen LogP contribution in [0.15, 0.2) is 23.3 Å². The Bertz CT molecular complexity index is 676. The van der Waals surface area contributed by atoms with Crippen molar-refractivity contribution in [1.82, 2.24) is 5.32 Å². The Morgan fingerprint density at radius 3 is 2.78 bits per heavy atom. The average molecular weight is 430 g/mol. The lowest BCUT2D eigenvalue weighted by Gasteiger charge is -2.22. The van der Waals surface area contributed by atoms with E-state index in [0.717, 1.165) is 0 Å². The Morgan fingerprint density at radius 1 is 1.48 bits per heavy atom. The molecule has 1 aromatic carbocycles. The highest BCUT2D eigenvalue weighted by Crippen LogP contribution is 2.30. The summed E-state index contributed by atoms with van der Waals surface area (Å²) in [5.41, 5.74) is 8.84. The third-order valence-electron chi connectivity index (χ3n) is 3.48. The van der Waals surface area contributed by atoms with E-state index >= 15 is 0 Å². The number of ether oxygens (including phenoxy) is 1. The predicted octanol–water partition coefficient (Wildman–Crippen LogP) is 2.13. The number of azide groups is 1. The maximum Gasteiger partial charge on any atom is 0.321 e. The van der Waals surface area contributed by atoms with Crippen LogP contribution in [0.4, 0.5) is 5.69 Å². The van der Waals surface area contributed by atoms with Crippen molar-refractivity contribution in [2.75, 3.05) is 6.54 Å². The van der Waals surface area contributed by atoms with E-state index in [-0.39, 0.29) is 13.0 Å². The predicted molar refractivity (Wildman–Crippen MR) is 87.6 cm³/mol. The molecule has 1 fully saturated rings. The minimum atomic E-state index is -1.10. The summed E-state index contributed by atoms with van der Waals surface area (Å²) in [5.74, 6) is -2.38. The summed E-state index contributed by atoms with van der Waals surface area (Å²) < 4.78 is 6.48. The lowest BCUT2D eigenvalue weighted by Crippen LogP contribution is -2.38. The number of benzene rings is 1. The molecule has 3 atom stereocenters. The molecular weight excluding hydrogens is 417 g/mol. The smallest absolute Gasteiger partial charge is 0.321 e. The summed E-state index contributed by atoms with van der Waals surface area (Å²) in [6.07, 6.45) is -0.881. The molecule has 122 valence electrons. The van der Waals surface area contributed by atoms with E-state index in [1.54, 1.807) is 18.2 Å². The van der Waals surface area contributed by atoms with Gasteiger partial charge in [-0.1, -0.05) is 5.11 Å². The molecule has 0 aromatic heterocycles. The molecule has 2 rings (SSSR count). The molecule has 1 aromatic rings. The van der Waals surface area contributed by atoms with E-state index in [0.29, 0.717) is 15.0 Å². The molecule has 1 heterocycles. The van der Waals surface area contributed by atoms with E-state index in [9.17, 15) is 14.7 Å². The van der Waals surface area contributed by atoms with Gasteiger partial charge in [0.15, 0.2) is 0 Å². The molecule has 0 unspecified atom stereocenters. The van der Waals surface area contributed by atoms with Gasteiger partial charge in [0.2, 0.25) is 0 Å². The van der Waals surface area contributed by atoms with Crippen LogP contribution in [0.5, 0.6) is 5.75 Å². The molecule has 3 N–H and O–H groups in total. The standard InChI is InChI=1S/C13H13IN4O5/c14-8-3-6(17-18-15)1-2-9(8)23-10-5-16-12(13(21)22)7(10)4-11(19)20/h1-3,7,10,12,16H,4-5H2,(H,19,20)(H,21,22)/t7-,10-,12-/m0/s1/i14-2. The fraction of sp³-hybridized carbons (Fsp3) is 0.385. The molecule has 0 radical (unpaired) electrons. The van der Waals surface area contributed by atoms with Gasteiger partial charge in [0.25, 0.3) is 0 Å². The first kappa shape index (κ1) is 17.3. The Kier molecular flexibility index (Phi) is 5.64. The SMILES string of the molecule is [N-]=[N+]=Nc1ccc(O[C@H]2CN[C@H](C(=O)O)[C@H]2CC(=O)O)c([125I])c1. The molecule has 10 heteroatoms. The van der Waals surface area contributed by atoms with Crippen molar-refractivity contribution in [3.05, 3.63) is 32.2 Å². The zero-order chi connectivity index (χ0) is 17.0. The van der Waals surface area contributed by atoms with Crippen LogP contribution in [0.2, 0.25) is 0 Å². The molecule has 0 saturated carbocycles. The van der Waals surface area contributed by atoms with E-state index in [4.69, 9.17) is 15.4 Å². The highest BCUT2D eigenvalue weighted by Gasteiger charge is 2.42. The first-order valence-corrected chi connectivity index (χ1v) is 7.69. The van der Waals surface area contributed by atoms with Crippen LogP contribution in [0, 0.1) is 9.49 Å². The summed E-state index contributed by atoms with van der Waals surface area (Å²) in [4.78, 5) is 24.9. The van der Waals surface area contributed by atoms with Crippen LogP contribution in [0.3, 0.4) is 0 Å². The van der Waals surface area contributed by atoms with Gasteiger partial charge in [-0.15, -0.1) is 0 Å². The highest BCUT2D eigenvalue weighted by atomic mass is 125. The minimum Gasteiger partial charge on any atom is -0.488 e. The molecule has 0 spiro atoms. The summed E-state index contributed by atoms with van der Waals surface area (Å²) in [6, 6.07) is 3.84. The van der Waals surface area contributed by atoms with Gasteiger partial charge in [0.05, 0.1) is 9.99 Å². The Hall–Kier alpha value is -2.04. The van der Waals surface area contributed by atoms with Crippen molar-refractivity contribution in [2.24, 2.45) is 11.0 Å². The summed E-state index contributed by atoms with van der Waals surface area (Å²) in [7, 11) is 0. The zero-order valence-electron chi connectivity index (χ0n) is 11.7. The lowest BCUT2D eigenvalue weighted by molar-refractivity contribution is -0.142. The van der Waals surface area contributed by atoms with Gasteiger partial charge in [-0.25, -0.2) is 0 Å². The van der Waals surface area contributed by atoms with Gasteiger partial charge in [-0.2, -0.15) is 0 Å². The number of hydrogen-bond donors (Lipinski definition) is 3. The molecule has 1 aliphatic heterocycles. The van der Waals surface area contributed by atoms with E-state index in [1.807, 2.05) is 22.6 Å². The van der Waals surface area contributed by atoms with Crippen LogP contribution in [-0.2, 0) is 9.59 Å². The minimum absolute atomic E-state index is 0.239. The fourth-order valence-corrected chi connectivity index (χ4v) is 3.10. The molecule has 9 nitrogen and oxygen atoms in total. The van der Waals surface area contributed by atoms with Crippen molar-refractivity contribution in [1.29, 1.82) is 0 Å². The van der Waals surface area contributed by atoms with Gasteiger partial charge in [0, 0.05) is 23.1 Å². The maximum absolute atomic E-state index is 11.2. The average Bonchev–Trinajstić information content (AvgIpc) is 2.84. The van der Waals surface area contributed by atoms with Gasteiger partial charge < -0.3 is 20.3 Å². The number of carbonyl (C=O) groups is 2. The van der Waals surface area contributed by atoms with Crippen molar-refractivity contribution < 1.29 is 24.5 Å². The number of halogens is 1. The van der Waals surface area contributed by atoms with Crippen LogP contribution in [0.1, 0.15) is 6.42 Å². The normalized spacial score (nSPS) is 23.1. The molecule has 23 heavy (non-hydrogen) atoms. The fourth-order valence-electron chi connectivity index (χ4n) is 2.47. The monoisotopic (exact) mass is 430 g/mol. The number of aliphatic carboxylic acids is 2. The highest BCUT2D eigenvalue weighted by molar-refractivity contribution is 14.1. The van der Waals surface area contributed by atoms with Crippen molar-refractivity contribution in [2.45, 2.75) is 18.6 Å². The van der Waals surface area contributed by atoms with E-state index in [1.165, 1.54) is 0 Å². The first-order valence-electron chi connectivity index (χ1n) is 6.61. The Labute approximate surface area is 144 Å². The maximum atomic E-state index is 11.2. The van der Waals surface area contributed by atoms with Crippen molar-refractivity contribution in [3.8, 4) is 5.75 Å². The summed E-state index contributed by atoms with van der Waals surface area (Å²) >= 11 is 2.00. The molecule has 0 aliphatic carbocycles. The molecule has 0 bridgehead atoms. The Balaban J connectivity index is 2.19. The summed E-state index contributed by atoms with van der Waals surface area (Å²) in [5, 5.41) is 24.4. The quantitative estimate of drug-likeness (QED) is 0.273. The largest absolute Gasteiger partial charge is 0.488 e. The number of nitrogens with one attached hydrogen (secondary N) is 1. The second-order valence-electron chi connectivity index (χ2n) is 4.95. The second-order valence-corrected chi connectivity index (χ2v) is 6.11. The molecule has 1 saturated heterocycles. The number of hydrogen-bond acceptors (Lipinski definition) is 5. The number of nitrogens with zero attached hydrogens (tertiary/aromatic N) is 3. The molecule has 1 aliphatic rings. The van der Waals surface area contributed by atoms with Crippen LogP contribution < -0.4 is 10.1 Å². The number of carboxylic acid groups (broad SMARTS) is 2. The summed E-state index contributed by atoms with van der Waals surface area (Å²) in [6.45, 7) is 0.239. The zero-order valence-corrected chi connectivity index (χ0v) is 13.9. The lowest BCUT2D eigenvalue weighted by atomic mass is 9.94. The van der Waals surface area contributed by atoms with Crippen LogP contribution in [-0.4, -0.2) is 40.8 Å². The number of carboxylic acids is 2. The third kappa shape index (κ3) is 4.24. The molecule has 0 amide bonds. The van der Waals surface area contributed by atoms with Crippen LogP contribution in [0.25, 0.3) is 10.4 Å². The van der Waals surface area contributed by atoms with Crippen molar-refractivity contribution in [3.63, 3.8) is 0 Å². The number of rotatable bonds is 6. The van der Waals surface area contributed by atoms with E-state index in [2.05, 4.69) is 15.3 Å². The molecular formula is C13H13IN4O5.